The van der Waals surface area contributed by atoms with Crippen molar-refractivity contribution in [2.45, 2.75) is 0 Å². The summed E-state index contributed by atoms with van der Waals surface area (Å²) >= 11 is 0. The Hall–Kier alpha value is -2.49. The molecule has 1 aromatic heterocycles. The molecule has 0 aliphatic rings. The molecule has 0 saturated heterocycles. The minimum absolute atomic E-state index is 0.00205. The molecule has 0 fully saturated rings. The second kappa shape index (κ2) is 3.77. The number of benzene rings is 2. The van der Waals surface area contributed by atoms with Gasteiger partial charge in [0.2, 0.25) is 0 Å². The van der Waals surface area contributed by atoms with Gasteiger partial charge in [0.1, 0.15) is 17.1 Å². The van der Waals surface area contributed by atoms with Crippen LogP contribution in [0.4, 0.5) is 0 Å². The Kier molecular flexibility index (Phi) is 2.23. The molecule has 0 radical (unpaired) electrons. The molecule has 0 aliphatic heterocycles. The van der Waals surface area contributed by atoms with Crippen LogP contribution in [0, 0.1) is 0 Å². The number of hydrogen-bond acceptors (Lipinski definition) is 4. The molecule has 3 aromatic rings. The summed E-state index contributed by atoms with van der Waals surface area (Å²) in [6, 6.07) is 10.0. The maximum atomic E-state index is 11.8. The van der Waals surface area contributed by atoms with Crippen LogP contribution in [-0.2, 0) is 0 Å². The van der Waals surface area contributed by atoms with Crippen LogP contribution in [0.2, 0.25) is 0 Å². The molecule has 0 aliphatic carbocycles. The van der Waals surface area contributed by atoms with Gasteiger partial charge in [0.25, 0.3) is 0 Å². The van der Waals surface area contributed by atoms with Crippen molar-refractivity contribution in [3.63, 3.8) is 0 Å². The molecule has 90 valence electrons. The van der Waals surface area contributed by atoms with Crippen molar-refractivity contribution in [1.82, 2.24) is 0 Å². The molecule has 1 heterocycles. The first kappa shape index (κ1) is 10.7. The topological polar surface area (TPSA) is 59.7 Å². The molecule has 1 N–H and O–H groups in total. The largest absolute Gasteiger partial charge is 0.508 e. The smallest absolute Gasteiger partial charge is 0.344 e. The summed E-state index contributed by atoms with van der Waals surface area (Å²) in [7, 11) is 1.51. The highest BCUT2D eigenvalue weighted by Gasteiger charge is 2.12. The van der Waals surface area contributed by atoms with E-state index in [-0.39, 0.29) is 5.75 Å². The lowest BCUT2D eigenvalue weighted by molar-refractivity contribution is 0.411. The standard InChI is InChI=1S/C14H10O4/c1-17-11-6-8(15)7-12-13(11)9-4-2-3-5-10(9)14(16)18-12/h2-7,15H,1H3. The van der Waals surface area contributed by atoms with Crippen molar-refractivity contribution in [3.8, 4) is 11.5 Å². The quantitative estimate of drug-likeness (QED) is 0.526. The summed E-state index contributed by atoms with van der Waals surface area (Å²) in [5.74, 6) is 0.475. The van der Waals surface area contributed by atoms with Gasteiger partial charge in [0.15, 0.2) is 0 Å². The second-order valence-corrected chi connectivity index (χ2v) is 3.96. The van der Waals surface area contributed by atoms with E-state index >= 15 is 0 Å². The lowest BCUT2D eigenvalue weighted by Crippen LogP contribution is -2.00. The highest BCUT2D eigenvalue weighted by molar-refractivity contribution is 6.07. The predicted octanol–water partition coefficient (Wildman–Crippen LogP) is 2.66. The molecule has 0 unspecified atom stereocenters. The van der Waals surface area contributed by atoms with Gasteiger partial charge >= 0.3 is 5.63 Å². The zero-order chi connectivity index (χ0) is 12.7. The molecular weight excluding hydrogens is 232 g/mol. The summed E-state index contributed by atoms with van der Waals surface area (Å²) in [5, 5.41) is 11.5. The van der Waals surface area contributed by atoms with E-state index in [4.69, 9.17) is 9.15 Å². The van der Waals surface area contributed by atoms with E-state index < -0.39 is 5.63 Å². The second-order valence-electron chi connectivity index (χ2n) is 3.96. The Bertz CT molecular complexity index is 802. The maximum absolute atomic E-state index is 11.8. The zero-order valence-corrected chi connectivity index (χ0v) is 9.64. The first-order valence-electron chi connectivity index (χ1n) is 5.43. The summed E-state index contributed by atoms with van der Waals surface area (Å²) < 4.78 is 10.4. The number of ether oxygens (including phenoxy) is 1. The van der Waals surface area contributed by atoms with E-state index in [1.54, 1.807) is 12.1 Å². The van der Waals surface area contributed by atoms with Crippen LogP contribution in [-0.4, -0.2) is 12.2 Å². The summed E-state index contributed by atoms with van der Waals surface area (Å²) in [6.07, 6.45) is 0. The van der Waals surface area contributed by atoms with Crippen molar-refractivity contribution in [2.75, 3.05) is 7.11 Å². The van der Waals surface area contributed by atoms with Gasteiger partial charge in [-0.2, -0.15) is 0 Å². The lowest BCUT2D eigenvalue weighted by atomic mass is 10.1. The van der Waals surface area contributed by atoms with E-state index in [1.165, 1.54) is 19.2 Å². The van der Waals surface area contributed by atoms with Gasteiger partial charge < -0.3 is 14.3 Å². The minimum Gasteiger partial charge on any atom is -0.508 e. The predicted molar refractivity (Wildman–Crippen MR) is 68.2 cm³/mol. The molecular formula is C14H10O4. The summed E-state index contributed by atoms with van der Waals surface area (Å²) in [5.41, 5.74) is -0.110. The van der Waals surface area contributed by atoms with Gasteiger partial charge in [-0.15, -0.1) is 0 Å². The average Bonchev–Trinajstić information content (AvgIpc) is 2.37. The van der Waals surface area contributed by atoms with Gasteiger partial charge in [-0.05, 0) is 6.07 Å². The van der Waals surface area contributed by atoms with E-state index in [0.717, 1.165) is 5.39 Å². The Morgan fingerprint density at radius 3 is 2.61 bits per heavy atom. The van der Waals surface area contributed by atoms with Gasteiger partial charge in [0, 0.05) is 17.5 Å². The normalized spacial score (nSPS) is 10.9. The third kappa shape index (κ3) is 1.43. The molecule has 3 rings (SSSR count). The van der Waals surface area contributed by atoms with Crippen LogP contribution in [0.3, 0.4) is 0 Å². The lowest BCUT2D eigenvalue weighted by Gasteiger charge is -2.08. The fourth-order valence-corrected chi connectivity index (χ4v) is 2.12. The van der Waals surface area contributed by atoms with Crippen LogP contribution in [0.15, 0.2) is 45.6 Å². The van der Waals surface area contributed by atoms with Crippen LogP contribution in [0.5, 0.6) is 11.5 Å². The van der Waals surface area contributed by atoms with Crippen LogP contribution in [0.1, 0.15) is 0 Å². The number of fused-ring (bicyclic) bond motifs is 3. The van der Waals surface area contributed by atoms with Crippen molar-refractivity contribution >= 4 is 21.7 Å². The van der Waals surface area contributed by atoms with E-state index in [2.05, 4.69) is 0 Å². The van der Waals surface area contributed by atoms with E-state index in [1.807, 2.05) is 12.1 Å². The summed E-state index contributed by atoms with van der Waals surface area (Å²) in [6.45, 7) is 0. The Morgan fingerprint density at radius 2 is 1.89 bits per heavy atom. The van der Waals surface area contributed by atoms with Crippen LogP contribution < -0.4 is 10.4 Å². The molecule has 4 nitrogen and oxygen atoms in total. The Labute approximate surface area is 102 Å². The van der Waals surface area contributed by atoms with Crippen LogP contribution >= 0.6 is 0 Å². The minimum atomic E-state index is -0.425. The van der Waals surface area contributed by atoms with E-state index in [9.17, 15) is 9.90 Å². The highest BCUT2D eigenvalue weighted by Crippen LogP contribution is 2.34. The number of phenolic OH excluding ortho intramolecular Hbond substituents is 1. The molecule has 18 heavy (non-hydrogen) atoms. The fraction of sp³-hybridized carbons (Fsp3) is 0.0714. The first-order valence-corrected chi connectivity index (χ1v) is 5.43. The maximum Gasteiger partial charge on any atom is 0.344 e. The van der Waals surface area contributed by atoms with E-state index in [0.29, 0.717) is 22.1 Å². The van der Waals surface area contributed by atoms with Gasteiger partial charge in [-0.25, -0.2) is 4.79 Å². The fourth-order valence-electron chi connectivity index (χ4n) is 2.12. The molecule has 4 heteroatoms. The van der Waals surface area contributed by atoms with Crippen molar-refractivity contribution < 1.29 is 14.3 Å². The molecule has 0 atom stereocenters. The summed E-state index contributed by atoms with van der Waals surface area (Å²) in [4.78, 5) is 11.8. The van der Waals surface area contributed by atoms with Gasteiger partial charge in [-0.3, -0.25) is 0 Å². The molecule has 0 saturated carbocycles. The number of aromatic hydroxyl groups is 1. The Balaban J connectivity index is 2.64. The average molecular weight is 242 g/mol. The molecule has 2 aromatic carbocycles. The first-order chi connectivity index (χ1) is 8.70. The monoisotopic (exact) mass is 242 g/mol. The number of rotatable bonds is 1. The number of phenols is 1. The molecule has 0 amide bonds. The number of methoxy groups -OCH3 is 1. The SMILES string of the molecule is COc1cc(O)cc2oc(=O)c3ccccc3c12. The third-order valence-corrected chi connectivity index (χ3v) is 2.89. The van der Waals surface area contributed by atoms with Crippen molar-refractivity contribution in [3.05, 3.63) is 46.8 Å². The highest BCUT2D eigenvalue weighted by atomic mass is 16.5. The van der Waals surface area contributed by atoms with Crippen molar-refractivity contribution in [2.24, 2.45) is 0 Å². The Morgan fingerprint density at radius 1 is 1.17 bits per heavy atom. The van der Waals surface area contributed by atoms with Gasteiger partial charge in [-0.1, -0.05) is 18.2 Å². The zero-order valence-electron chi connectivity index (χ0n) is 9.64. The van der Waals surface area contributed by atoms with Crippen LogP contribution in [0.25, 0.3) is 21.7 Å². The molecule has 0 bridgehead atoms. The molecule has 0 spiro atoms. The van der Waals surface area contributed by atoms with Crippen molar-refractivity contribution in [1.29, 1.82) is 0 Å². The van der Waals surface area contributed by atoms with Gasteiger partial charge in [0.05, 0.1) is 17.9 Å². The number of hydrogen-bond donors (Lipinski definition) is 1. The third-order valence-electron chi connectivity index (χ3n) is 2.89.